The number of rotatable bonds is 2. The van der Waals surface area contributed by atoms with E-state index >= 15 is 0 Å². The van der Waals surface area contributed by atoms with Crippen LogP contribution >= 0.6 is 0 Å². The monoisotopic (exact) mass is 276 g/mol. The summed E-state index contributed by atoms with van der Waals surface area (Å²) in [6.45, 7) is 3.05. The zero-order valence-corrected chi connectivity index (χ0v) is 11.9. The smallest absolute Gasteiger partial charge is 0.292 e. The Kier molecular flexibility index (Phi) is 3.61. The van der Waals surface area contributed by atoms with Crippen molar-refractivity contribution in [3.63, 3.8) is 0 Å². The molecule has 0 aliphatic carbocycles. The number of fused-ring (bicyclic) bond motifs is 1. The first-order valence-electron chi connectivity index (χ1n) is 7.03. The Hall–Kier alpha value is -2.73. The Morgan fingerprint density at radius 3 is 2.19 bits per heavy atom. The van der Waals surface area contributed by atoms with Crippen LogP contribution in [0.3, 0.4) is 0 Å². The van der Waals surface area contributed by atoms with Crippen LogP contribution in [-0.4, -0.2) is 9.13 Å². The van der Waals surface area contributed by atoms with E-state index in [0.717, 1.165) is 16.6 Å². The summed E-state index contributed by atoms with van der Waals surface area (Å²) in [6.07, 6.45) is 0. The highest BCUT2D eigenvalue weighted by molar-refractivity contribution is 5.76. The van der Waals surface area contributed by atoms with Crippen molar-refractivity contribution in [1.29, 1.82) is 0 Å². The molecule has 0 saturated carbocycles. The number of hydrogen-bond acceptors (Lipinski definition) is 1. The SMILES string of the molecule is CCn1c(=O)n(CC#Cc2ccccc2)c2ccccc21. The first-order valence-corrected chi connectivity index (χ1v) is 7.03. The van der Waals surface area contributed by atoms with Gasteiger partial charge < -0.3 is 0 Å². The molecule has 0 amide bonds. The number of aryl methyl sites for hydroxylation is 1. The second-order valence-corrected chi connectivity index (χ2v) is 4.77. The van der Waals surface area contributed by atoms with E-state index in [4.69, 9.17) is 0 Å². The fourth-order valence-corrected chi connectivity index (χ4v) is 2.47. The van der Waals surface area contributed by atoms with Gasteiger partial charge in [0, 0.05) is 12.1 Å². The lowest BCUT2D eigenvalue weighted by atomic mass is 10.2. The van der Waals surface area contributed by atoms with Crippen LogP contribution in [0.2, 0.25) is 0 Å². The average molecular weight is 276 g/mol. The summed E-state index contributed by atoms with van der Waals surface area (Å²) in [5.41, 5.74) is 2.86. The highest BCUT2D eigenvalue weighted by Gasteiger charge is 2.09. The summed E-state index contributed by atoms with van der Waals surface area (Å²) in [5, 5.41) is 0. The van der Waals surface area contributed by atoms with E-state index in [1.165, 1.54) is 0 Å². The zero-order valence-electron chi connectivity index (χ0n) is 11.9. The molecule has 21 heavy (non-hydrogen) atoms. The average Bonchev–Trinajstić information content (AvgIpc) is 2.80. The lowest BCUT2D eigenvalue weighted by molar-refractivity contribution is 0.696. The minimum atomic E-state index is 0.000983. The molecule has 0 fully saturated rings. The minimum absolute atomic E-state index is 0.000983. The summed E-state index contributed by atoms with van der Waals surface area (Å²) >= 11 is 0. The largest absolute Gasteiger partial charge is 0.329 e. The molecule has 0 unspecified atom stereocenters. The molecular weight excluding hydrogens is 260 g/mol. The fourth-order valence-electron chi connectivity index (χ4n) is 2.47. The molecule has 1 heterocycles. The summed E-state index contributed by atoms with van der Waals surface area (Å²) in [4.78, 5) is 12.4. The Morgan fingerprint density at radius 1 is 0.905 bits per heavy atom. The zero-order chi connectivity index (χ0) is 14.7. The highest BCUT2D eigenvalue weighted by atomic mass is 16.1. The van der Waals surface area contributed by atoms with Crippen molar-refractivity contribution in [2.24, 2.45) is 0 Å². The van der Waals surface area contributed by atoms with Gasteiger partial charge in [0.15, 0.2) is 0 Å². The van der Waals surface area contributed by atoms with Gasteiger partial charge in [-0.1, -0.05) is 42.2 Å². The normalized spacial score (nSPS) is 10.3. The van der Waals surface area contributed by atoms with Crippen molar-refractivity contribution < 1.29 is 0 Å². The summed E-state index contributed by atoms with van der Waals surface area (Å²) in [7, 11) is 0. The number of nitrogens with zero attached hydrogens (tertiary/aromatic N) is 2. The van der Waals surface area contributed by atoms with Gasteiger partial charge in [-0.15, -0.1) is 0 Å². The van der Waals surface area contributed by atoms with Crippen LogP contribution in [0.4, 0.5) is 0 Å². The first-order chi connectivity index (χ1) is 10.3. The lowest BCUT2D eigenvalue weighted by Gasteiger charge is -1.95. The molecule has 1 aromatic heterocycles. The first kappa shape index (κ1) is 13.3. The van der Waals surface area contributed by atoms with Crippen LogP contribution in [0, 0.1) is 11.8 Å². The van der Waals surface area contributed by atoms with Gasteiger partial charge in [0.1, 0.15) is 0 Å². The molecule has 0 atom stereocenters. The third kappa shape index (κ3) is 2.48. The maximum Gasteiger partial charge on any atom is 0.329 e. The van der Waals surface area contributed by atoms with Gasteiger partial charge in [-0.25, -0.2) is 4.79 Å². The van der Waals surface area contributed by atoms with Crippen molar-refractivity contribution >= 4 is 11.0 Å². The molecule has 0 saturated heterocycles. The Morgan fingerprint density at radius 2 is 1.52 bits per heavy atom. The van der Waals surface area contributed by atoms with Gasteiger partial charge in [0.25, 0.3) is 0 Å². The number of benzene rings is 2. The van der Waals surface area contributed by atoms with Crippen LogP contribution in [0.25, 0.3) is 11.0 Å². The Labute approximate surface area is 123 Å². The number of para-hydroxylation sites is 2. The molecule has 3 nitrogen and oxygen atoms in total. The van der Waals surface area contributed by atoms with Crippen LogP contribution in [0.5, 0.6) is 0 Å². The van der Waals surface area contributed by atoms with E-state index in [9.17, 15) is 4.79 Å². The van der Waals surface area contributed by atoms with Crippen LogP contribution in [0.1, 0.15) is 12.5 Å². The second kappa shape index (κ2) is 5.72. The predicted octanol–water partition coefficient (Wildman–Crippen LogP) is 2.87. The molecule has 3 heteroatoms. The van der Waals surface area contributed by atoms with Gasteiger partial charge in [-0.3, -0.25) is 9.13 Å². The summed E-state index contributed by atoms with van der Waals surface area (Å²) in [6, 6.07) is 17.6. The van der Waals surface area contributed by atoms with Crippen LogP contribution < -0.4 is 5.69 Å². The molecule has 0 bridgehead atoms. The number of aromatic nitrogens is 2. The third-order valence-corrected chi connectivity index (χ3v) is 3.49. The second-order valence-electron chi connectivity index (χ2n) is 4.77. The maximum atomic E-state index is 12.4. The van der Waals surface area contributed by atoms with Gasteiger partial charge in [-0.2, -0.15) is 0 Å². The van der Waals surface area contributed by atoms with Crippen molar-refractivity contribution in [3.8, 4) is 11.8 Å². The van der Waals surface area contributed by atoms with Gasteiger partial charge in [-0.05, 0) is 31.2 Å². The molecular formula is C18H16N2O. The van der Waals surface area contributed by atoms with Crippen molar-refractivity contribution in [2.45, 2.75) is 20.0 Å². The molecule has 0 aliphatic rings. The molecule has 2 aromatic carbocycles. The van der Waals surface area contributed by atoms with Gasteiger partial charge >= 0.3 is 5.69 Å². The molecule has 3 rings (SSSR count). The standard InChI is InChI=1S/C18H16N2O/c1-2-19-16-12-6-7-13-17(16)20(18(19)21)14-8-11-15-9-4-3-5-10-15/h3-7,9-10,12-13H,2,14H2,1H3. The van der Waals surface area contributed by atoms with Crippen molar-refractivity contribution in [2.75, 3.05) is 0 Å². The lowest BCUT2D eigenvalue weighted by Crippen LogP contribution is -2.23. The molecule has 0 N–H and O–H groups in total. The predicted molar refractivity (Wildman–Crippen MR) is 85.2 cm³/mol. The Bertz CT molecular complexity index is 876. The van der Waals surface area contributed by atoms with E-state index < -0.39 is 0 Å². The van der Waals surface area contributed by atoms with E-state index in [-0.39, 0.29) is 5.69 Å². The highest BCUT2D eigenvalue weighted by Crippen LogP contribution is 2.12. The molecule has 3 aromatic rings. The fraction of sp³-hybridized carbons (Fsp3) is 0.167. The summed E-state index contributed by atoms with van der Waals surface area (Å²) < 4.78 is 3.51. The summed E-state index contributed by atoms with van der Waals surface area (Å²) in [5.74, 6) is 6.18. The van der Waals surface area contributed by atoms with Gasteiger partial charge in [0.2, 0.25) is 0 Å². The molecule has 104 valence electrons. The maximum absolute atomic E-state index is 12.4. The quantitative estimate of drug-likeness (QED) is 0.661. The van der Waals surface area contributed by atoms with Crippen LogP contribution in [0.15, 0.2) is 59.4 Å². The third-order valence-electron chi connectivity index (χ3n) is 3.49. The van der Waals surface area contributed by atoms with E-state index in [2.05, 4.69) is 11.8 Å². The Balaban J connectivity index is 2.00. The van der Waals surface area contributed by atoms with Crippen molar-refractivity contribution in [1.82, 2.24) is 9.13 Å². The van der Waals surface area contributed by atoms with Crippen LogP contribution in [-0.2, 0) is 13.1 Å². The molecule has 0 spiro atoms. The van der Waals surface area contributed by atoms with E-state index in [1.807, 2.05) is 61.5 Å². The topological polar surface area (TPSA) is 26.9 Å². The molecule has 0 radical (unpaired) electrons. The van der Waals surface area contributed by atoms with Crippen molar-refractivity contribution in [3.05, 3.63) is 70.6 Å². The van der Waals surface area contributed by atoms with E-state index in [1.54, 1.807) is 9.13 Å². The minimum Gasteiger partial charge on any atom is -0.292 e. The molecule has 0 aliphatic heterocycles. The van der Waals surface area contributed by atoms with Gasteiger partial charge in [0.05, 0.1) is 17.6 Å². The number of imidazole rings is 1. The van der Waals surface area contributed by atoms with E-state index in [0.29, 0.717) is 13.1 Å². The number of hydrogen-bond donors (Lipinski definition) is 0.